The van der Waals surface area contributed by atoms with Crippen molar-refractivity contribution in [2.24, 2.45) is 0 Å². The van der Waals surface area contributed by atoms with Crippen LogP contribution in [0, 0.1) is 5.82 Å². The molecule has 0 saturated carbocycles. The molecule has 0 radical (unpaired) electrons. The largest absolute Gasteiger partial charge is 0.416 e. The molecule has 0 aliphatic rings. The number of halogens is 4. The zero-order valence-electron chi connectivity index (χ0n) is 12.5. The van der Waals surface area contributed by atoms with Crippen LogP contribution in [0.3, 0.4) is 0 Å². The molecule has 1 aromatic carbocycles. The molecule has 25 heavy (non-hydrogen) atoms. The lowest BCUT2D eigenvalue weighted by Crippen LogP contribution is -2.18. The van der Waals surface area contributed by atoms with Gasteiger partial charge in [-0.3, -0.25) is 4.57 Å². The fourth-order valence-corrected chi connectivity index (χ4v) is 2.90. The molecular weight excluding hydrogens is 340 g/mol. The number of hydrogen-bond acceptors (Lipinski definition) is 2. The van der Waals surface area contributed by atoms with E-state index in [4.69, 9.17) is 0 Å². The number of fused-ring (bicyclic) bond motifs is 3. The molecule has 0 aliphatic heterocycles. The summed E-state index contributed by atoms with van der Waals surface area (Å²) in [6.07, 6.45) is -1.57. The minimum atomic E-state index is -4.67. The fourth-order valence-electron chi connectivity index (χ4n) is 2.90. The van der Waals surface area contributed by atoms with Crippen LogP contribution in [0.25, 0.3) is 22.1 Å². The number of imidazole rings is 1. The summed E-state index contributed by atoms with van der Waals surface area (Å²) >= 11 is 0. The van der Waals surface area contributed by atoms with E-state index in [0.29, 0.717) is 28.1 Å². The predicted octanol–water partition coefficient (Wildman–Crippen LogP) is 3.41. The molecule has 3 heterocycles. The highest BCUT2D eigenvalue weighted by molar-refractivity contribution is 6.00. The van der Waals surface area contributed by atoms with Crippen molar-refractivity contribution in [1.29, 1.82) is 0 Å². The van der Waals surface area contributed by atoms with E-state index in [9.17, 15) is 22.4 Å². The van der Waals surface area contributed by atoms with Crippen LogP contribution in [-0.4, -0.2) is 19.5 Å². The van der Waals surface area contributed by atoms with Gasteiger partial charge in [-0.2, -0.15) is 13.2 Å². The number of nitrogens with one attached hydrogen (secondary N) is 2. The van der Waals surface area contributed by atoms with Crippen LogP contribution >= 0.6 is 0 Å². The highest BCUT2D eigenvalue weighted by Gasteiger charge is 2.31. The monoisotopic (exact) mass is 350 g/mol. The molecular formula is C16H10F4N4O. The van der Waals surface area contributed by atoms with Crippen LogP contribution in [0.1, 0.15) is 11.1 Å². The predicted molar refractivity (Wildman–Crippen MR) is 82.7 cm³/mol. The molecule has 0 unspecified atom stereocenters. The van der Waals surface area contributed by atoms with Gasteiger partial charge in [0.05, 0.1) is 29.3 Å². The minimum Gasteiger partial charge on any atom is -0.346 e. The molecule has 3 aromatic heterocycles. The van der Waals surface area contributed by atoms with Crippen LogP contribution in [0.15, 0.2) is 41.5 Å². The lowest BCUT2D eigenvalue weighted by Gasteiger charge is -2.10. The normalized spacial score (nSPS) is 12.3. The van der Waals surface area contributed by atoms with E-state index in [1.165, 1.54) is 10.8 Å². The van der Waals surface area contributed by atoms with Crippen molar-refractivity contribution in [1.82, 2.24) is 19.5 Å². The molecule has 0 amide bonds. The zero-order chi connectivity index (χ0) is 17.8. The zero-order valence-corrected chi connectivity index (χ0v) is 12.5. The molecule has 0 bridgehead atoms. The van der Waals surface area contributed by atoms with Crippen LogP contribution in [0.4, 0.5) is 17.6 Å². The molecule has 0 fully saturated rings. The first kappa shape index (κ1) is 15.4. The van der Waals surface area contributed by atoms with Crippen LogP contribution in [0.2, 0.25) is 0 Å². The Morgan fingerprint density at radius 3 is 2.76 bits per heavy atom. The summed E-state index contributed by atoms with van der Waals surface area (Å²) < 4.78 is 53.5. The Morgan fingerprint density at radius 2 is 2.00 bits per heavy atom. The SMILES string of the molecule is O=c1[nH]c2cnc3[nH]ccc3c2n1Cc1cc(F)cc(C(F)(F)F)c1. The molecule has 0 saturated heterocycles. The second kappa shape index (κ2) is 5.20. The third-order valence-corrected chi connectivity index (χ3v) is 3.94. The van der Waals surface area contributed by atoms with E-state index in [0.717, 1.165) is 12.1 Å². The van der Waals surface area contributed by atoms with E-state index in [-0.39, 0.29) is 12.1 Å². The van der Waals surface area contributed by atoms with Gasteiger partial charge in [0.2, 0.25) is 0 Å². The minimum absolute atomic E-state index is 0.0378. The van der Waals surface area contributed by atoms with Gasteiger partial charge in [0.15, 0.2) is 0 Å². The summed E-state index contributed by atoms with van der Waals surface area (Å²) in [6, 6.07) is 3.96. The average molecular weight is 350 g/mol. The van der Waals surface area contributed by atoms with Crippen molar-refractivity contribution in [2.75, 3.05) is 0 Å². The molecule has 9 heteroatoms. The van der Waals surface area contributed by atoms with Gasteiger partial charge in [-0.15, -0.1) is 0 Å². The molecule has 0 aliphatic carbocycles. The number of H-pyrrole nitrogens is 2. The molecule has 4 rings (SSSR count). The number of alkyl halides is 3. The van der Waals surface area contributed by atoms with Crippen molar-refractivity contribution >= 4 is 22.1 Å². The summed E-state index contributed by atoms with van der Waals surface area (Å²) in [6.45, 7) is -0.204. The van der Waals surface area contributed by atoms with Gasteiger partial charge in [0, 0.05) is 11.6 Å². The summed E-state index contributed by atoms with van der Waals surface area (Å²) in [5.41, 5.74) is -0.0860. The summed E-state index contributed by atoms with van der Waals surface area (Å²) in [5.74, 6) is -1.01. The van der Waals surface area contributed by atoms with Crippen molar-refractivity contribution in [3.05, 3.63) is 64.1 Å². The lowest BCUT2D eigenvalue weighted by molar-refractivity contribution is -0.137. The summed E-state index contributed by atoms with van der Waals surface area (Å²) in [4.78, 5) is 21.9. The Kier molecular flexibility index (Phi) is 3.21. The third kappa shape index (κ3) is 2.57. The van der Waals surface area contributed by atoms with Crippen molar-refractivity contribution in [2.45, 2.75) is 12.7 Å². The Hall–Kier alpha value is -3.10. The topological polar surface area (TPSA) is 66.5 Å². The van der Waals surface area contributed by atoms with E-state index >= 15 is 0 Å². The average Bonchev–Trinajstić information content (AvgIpc) is 3.10. The summed E-state index contributed by atoms with van der Waals surface area (Å²) in [7, 11) is 0. The van der Waals surface area contributed by atoms with Crippen LogP contribution in [0.5, 0.6) is 0 Å². The molecule has 2 N–H and O–H groups in total. The van der Waals surface area contributed by atoms with Crippen LogP contribution < -0.4 is 5.69 Å². The van der Waals surface area contributed by atoms with Gasteiger partial charge in [-0.25, -0.2) is 14.2 Å². The van der Waals surface area contributed by atoms with Gasteiger partial charge in [-0.05, 0) is 29.8 Å². The molecule has 4 aromatic rings. The highest BCUT2D eigenvalue weighted by Crippen LogP contribution is 2.31. The van der Waals surface area contributed by atoms with Crippen LogP contribution in [-0.2, 0) is 12.7 Å². The second-order valence-electron chi connectivity index (χ2n) is 5.62. The quantitative estimate of drug-likeness (QED) is 0.544. The van der Waals surface area contributed by atoms with E-state index < -0.39 is 23.2 Å². The first-order chi connectivity index (χ1) is 11.8. The number of rotatable bonds is 2. The Balaban J connectivity index is 1.89. The number of aromatic nitrogens is 4. The Bertz CT molecular complexity index is 1150. The van der Waals surface area contributed by atoms with E-state index in [2.05, 4.69) is 15.0 Å². The maximum Gasteiger partial charge on any atom is 0.416 e. The van der Waals surface area contributed by atoms with Crippen molar-refractivity contribution < 1.29 is 17.6 Å². The fraction of sp³-hybridized carbons (Fsp3) is 0.125. The number of pyridine rings is 1. The number of nitrogens with zero attached hydrogens (tertiary/aromatic N) is 2. The van der Waals surface area contributed by atoms with Gasteiger partial charge < -0.3 is 9.97 Å². The maximum absolute atomic E-state index is 13.6. The smallest absolute Gasteiger partial charge is 0.346 e. The molecule has 0 atom stereocenters. The number of aromatic amines is 2. The lowest BCUT2D eigenvalue weighted by atomic mass is 10.1. The standard InChI is InChI=1S/C16H10F4N4O/c17-10-4-8(3-9(5-10)16(18,19)20)7-24-13-11-1-2-21-14(11)22-6-12(13)23-15(24)25/h1-6H,7H2,(H,21,22)(H,23,25). The Labute approximate surface area is 136 Å². The highest BCUT2D eigenvalue weighted by atomic mass is 19.4. The second-order valence-corrected chi connectivity index (χ2v) is 5.62. The molecule has 128 valence electrons. The third-order valence-electron chi connectivity index (χ3n) is 3.94. The van der Waals surface area contributed by atoms with Gasteiger partial charge in [-0.1, -0.05) is 0 Å². The van der Waals surface area contributed by atoms with Crippen molar-refractivity contribution in [3.8, 4) is 0 Å². The maximum atomic E-state index is 13.6. The number of benzene rings is 1. The first-order valence-corrected chi connectivity index (χ1v) is 7.24. The van der Waals surface area contributed by atoms with Gasteiger partial charge in [0.25, 0.3) is 0 Å². The van der Waals surface area contributed by atoms with Gasteiger partial charge in [0.1, 0.15) is 11.5 Å². The summed E-state index contributed by atoms with van der Waals surface area (Å²) in [5, 5.41) is 0.642. The molecule has 5 nitrogen and oxygen atoms in total. The van der Waals surface area contributed by atoms with E-state index in [1.54, 1.807) is 12.3 Å². The first-order valence-electron chi connectivity index (χ1n) is 7.24. The van der Waals surface area contributed by atoms with E-state index in [1.807, 2.05) is 0 Å². The Morgan fingerprint density at radius 1 is 1.20 bits per heavy atom. The number of hydrogen-bond donors (Lipinski definition) is 2. The van der Waals surface area contributed by atoms with Crippen molar-refractivity contribution in [3.63, 3.8) is 0 Å². The molecule has 0 spiro atoms. The van der Waals surface area contributed by atoms with Gasteiger partial charge >= 0.3 is 11.9 Å².